The number of piperidine rings is 1. The monoisotopic (exact) mass is 421 g/mol. The van der Waals surface area contributed by atoms with E-state index in [1.54, 1.807) is 0 Å². The molecule has 5 rings (SSSR count). The number of H-pyrrole nitrogens is 1. The van der Waals surface area contributed by atoms with Crippen LogP contribution < -0.4 is 5.56 Å². The largest absolute Gasteiger partial charge is 0.506 e. The van der Waals surface area contributed by atoms with Crippen LogP contribution in [0.4, 0.5) is 0 Å². The third-order valence-electron chi connectivity index (χ3n) is 6.85. The van der Waals surface area contributed by atoms with Gasteiger partial charge in [-0.05, 0) is 69.0 Å². The van der Waals surface area contributed by atoms with Gasteiger partial charge in [0.25, 0.3) is 5.56 Å². The number of aromatic nitrogens is 2. The maximum atomic E-state index is 12.4. The Balaban J connectivity index is 1.64. The van der Waals surface area contributed by atoms with Gasteiger partial charge in [0.05, 0.1) is 5.69 Å². The van der Waals surface area contributed by atoms with Gasteiger partial charge in [-0.25, -0.2) is 4.79 Å². The first-order valence-electron chi connectivity index (χ1n) is 11.0. The third kappa shape index (κ3) is 3.33. The molecule has 7 nitrogen and oxygen atoms in total. The molecule has 3 aromatic rings. The minimum absolute atomic E-state index is 0.405. The predicted octanol–water partition coefficient (Wildman–Crippen LogP) is 3.41. The van der Waals surface area contributed by atoms with Crippen LogP contribution in [0.15, 0.2) is 23.0 Å². The molecule has 0 saturated carbocycles. The molecule has 1 saturated heterocycles. The van der Waals surface area contributed by atoms with E-state index in [1.807, 2.05) is 0 Å². The quantitative estimate of drug-likeness (QED) is 0.602. The normalized spacial score (nSPS) is 16.7. The minimum Gasteiger partial charge on any atom is -0.506 e. The Morgan fingerprint density at radius 2 is 1.87 bits per heavy atom. The molecule has 2 aromatic heterocycles. The Bertz CT molecular complexity index is 1250. The molecule has 1 aliphatic heterocycles. The Labute approximate surface area is 179 Å². The van der Waals surface area contributed by atoms with E-state index >= 15 is 0 Å². The van der Waals surface area contributed by atoms with Crippen molar-refractivity contribution < 1.29 is 15.0 Å². The van der Waals surface area contributed by atoms with Crippen LogP contribution in [0, 0.1) is 0 Å². The summed E-state index contributed by atoms with van der Waals surface area (Å²) in [5.41, 5.74) is 4.11. The van der Waals surface area contributed by atoms with E-state index in [0.717, 1.165) is 54.5 Å². The van der Waals surface area contributed by atoms with E-state index in [-0.39, 0.29) is 0 Å². The van der Waals surface area contributed by atoms with Gasteiger partial charge in [0.15, 0.2) is 5.56 Å². The zero-order valence-corrected chi connectivity index (χ0v) is 17.7. The number of carboxylic acids is 1. The molecule has 162 valence electrons. The number of aromatic amines is 1. The second-order valence-electron chi connectivity index (χ2n) is 8.79. The van der Waals surface area contributed by atoms with Crippen LogP contribution in [0.25, 0.3) is 22.2 Å². The number of rotatable bonds is 3. The van der Waals surface area contributed by atoms with Crippen LogP contribution in [0.2, 0.25) is 0 Å². The summed E-state index contributed by atoms with van der Waals surface area (Å²) < 4.78 is 2.25. The van der Waals surface area contributed by atoms with E-state index in [0.29, 0.717) is 17.7 Å². The number of pyridine rings is 1. The highest BCUT2D eigenvalue weighted by molar-refractivity contribution is 5.93. The first kappa shape index (κ1) is 19.9. The summed E-state index contributed by atoms with van der Waals surface area (Å²) in [4.78, 5) is 29.1. The summed E-state index contributed by atoms with van der Waals surface area (Å²) in [6.45, 7) is 3.20. The van der Waals surface area contributed by atoms with E-state index in [2.05, 4.69) is 39.7 Å². The average molecular weight is 421 g/mol. The first-order chi connectivity index (χ1) is 14.9. The molecule has 1 aliphatic carbocycles. The highest BCUT2D eigenvalue weighted by Crippen LogP contribution is 2.38. The van der Waals surface area contributed by atoms with E-state index < -0.39 is 22.8 Å². The maximum absolute atomic E-state index is 12.4. The van der Waals surface area contributed by atoms with Gasteiger partial charge in [-0.2, -0.15) is 0 Å². The number of nitrogens with one attached hydrogen (secondary N) is 1. The molecule has 0 unspecified atom stereocenters. The topological polar surface area (TPSA) is 98.6 Å². The van der Waals surface area contributed by atoms with Crippen molar-refractivity contribution in [2.45, 2.75) is 45.1 Å². The summed E-state index contributed by atoms with van der Waals surface area (Å²) >= 11 is 0. The molecule has 7 heteroatoms. The van der Waals surface area contributed by atoms with Gasteiger partial charge in [-0.3, -0.25) is 9.69 Å². The number of aromatic hydroxyl groups is 1. The third-order valence-corrected chi connectivity index (χ3v) is 6.85. The molecule has 1 fully saturated rings. The molecule has 3 N–H and O–H groups in total. The molecule has 0 amide bonds. The fourth-order valence-corrected chi connectivity index (χ4v) is 5.18. The SMILES string of the molecule is Cn1c(CN2CCCCC2)cc2cc3c(cc21)CCCc1c-3[nH]c(=O)c(C(=O)O)c1O. The van der Waals surface area contributed by atoms with Gasteiger partial charge in [-0.1, -0.05) is 6.42 Å². The molecular weight excluding hydrogens is 394 g/mol. The maximum Gasteiger partial charge on any atom is 0.345 e. The average Bonchev–Trinajstić information content (AvgIpc) is 2.92. The lowest BCUT2D eigenvalue weighted by atomic mass is 9.98. The fourth-order valence-electron chi connectivity index (χ4n) is 5.18. The Kier molecular flexibility index (Phi) is 4.85. The fraction of sp³-hybridized carbons (Fsp3) is 0.417. The number of nitrogens with zero attached hydrogens (tertiary/aromatic N) is 2. The van der Waals surface area contributed by atoms with Crippen LogP contribution in [0.5, 0.6) is 5.75 Å². The van der Waals surface area contributed by atoms with Gasteiger partial charge in [-0.15, -0.1) is 0 Å². The molecule has 3 heterocycles. The zero-order valence-electron chi connectivity index (χ0n) is 17.7. The van der Waals surface area contributed by atoms with Crippen LogP contribution >= 0.6 is 0 Å². The van der Waals surface area contributed by atoms with Crippen LogP contribution in [-0.4, -0.2) is 43.7 Å². The van der Waals surface area contributed by atoms with Crippen LogP contribution in [0.3, 0.4) is 0 Å². The number of carbonyl (C=O) groups is 1. The minimum atomic E-state index is -1.41. The number of likely N-dealkylation sites (tertiary alicyclic amines) is 1. The standard InChI is InChI=1S/C24H27N3O4/c1-26-16(13-27-8-3-2-4-9-27)10-15-11-18-14(12-19(15)26)6-5-7-17-21(18)25-23(29)20(22(17)28)24(30)31/h10-12H,2-9,13H2,1H3,(H,30,31)(H2,25,28,29). The number of hydrogen-bond acceptors (Lipinski definition) is 4. The van der Waals surface area contributed by atoms with E-state index in [4.69, 9.17) is 0 Å². The summed E-state index contributed by atoms with van der Waals surface area (Å²) in [7, 11) is 2.10. The highest BCUT2D eigenvalue weighted by Gasteiger charge is 2.26. The van der Waals surface area contributed by atoms with Gasteiger partial charge in [0.2, 0.25) is 0 Å². The number of carboxylic acid groups (broad SMARTS) is 1. The predicted molar refractivity (Wildman–Crippen MR) is 119 cm³/mol. The van der Waals surface area contributed by atoms with Gasteiger partial charge in [0, 0.05) is 41.3 Å². The molecular formula is C24H27N3O4. The highest BCUT2D eigenvalue weighted by atomic mass is 16.4. The van der Waals surface area contributed by atoms with Gasteiger partial charge < -0.3 is 19.8 Å². The van der Waals surface area contributed by atoms with Crippen molar-refractivity contribution >= 4 is 16.9 Å². The first-order valence-corrected chi connectivity index (χ1v) is 11.0. The molecule has 0 radical (unpaired) electrons. The smallest absolute Gasteiger partial charge is 0.345 e. The molecule has 0 bridgehead atoms. The second-order valence-corrected chi connectivity index (χ2v) is 8.79. The number of fused-ring (bicyclic) bond motifs is 4. The van der Waals surface area contributed by atoms with Crippen molar-refractivity contribution in [2.75, 3.05) is 13.1 Å². The van der Waals surface area contributed by atoms with E-state index in [1.165, 1.54) is 25.0 Å². The second kappa shape index (κ2) is 7.57. The lowest BCUT2D eigenvalue weighted by molar-refractivity contribution is 0.0691. The van der Waals surface area contributed by atoms with Crippen molar-refractivity contribution in [1.82, 2.24) is 14.5 Å². The van der Waals surface area contributed by atoms with Crippen LogP contribution in [0.1, 0.15) is 52.9 Å². The molecule has 2 aliphatic rings. The summed E-state index contributed by atoms with van der Waals surface area (Å²) in [5.74, 6) is -1.81. The molecule has 0 atom stereocenters. The lowest BCUT2D eigenvalue weighted by Crippen LogP contribution is -2.29. The number of benzene rings is 1. The van der Waals surface area contributed by atoms with Crippen molar-refractivity contribution in [3.8, 4) is 17.0 Å². The van der Waals surface area contributed by atoms with E-state index in [9.17, 15) is 19.8 Å². The number of hydrogen-bond donors (Lipinski definition) is 3. The van der Waals surface area contributed by atoms with Gasteiger partial charge >= 0.3 is 5.97 Å². The lowest BCUT2D eigenvalue weighted by Gasteiger charge is -2.26. The summed E-state index contributed by atoms with van der Waals surface area (Å²) in [6.07, 6.45) is 5.91. The number of aryl methyl sites for hydroxylation is 2. The Morgan fingerprint density at radius 3 is 2.61 bits per heavy atom. The number of aromatic carboxylic acids is 1. The molecule has 31 heavy (non-hydrogen) atoms. The zero-order chi connectivity index (χ0) is 21.7. The Morgan fingerprint density at radius 1 is 1.10 bits per heavy atom. The molecule has 1 aromatic carbocycles. The van der Waals surface area contributed by atoms with Crippen LogP contribution in [-0.2, 0) is 26.4 Å². The van der Waals surface area contributed by atoms with Gasteiger partial charge in [0.1, 0.15) is 5.75 Å². The van der Waals surface area contributed by atoms with Crippen molar-refractivity contribution in [1.29, 1.82) is 0 Å². The summed E-state index contributed by atoms with van der Waals surface area (Å²) in [6, 6.07) is 6.46. The van der Waals surface area contributed by atoms with Crippen molar-refractivity contribution in [2.24, 2.45) is 7.05 Å². The van der Waals surface area contributed by atoms with Crippen molar-refractivity contribution in [3.63, 3.8) is 0 Å². The summed E-state index contributed by atoms with van der Waals surface area (Å²) in [5, 5.41) is 21.0. The Hall–Kier alpha value is -3.06. The van der Waals surface area contributed by atoms with Crippen molar-refractivity contribution in [3.05, 3.63) is 50.9 Å². The molecule has 0 spiro atoms.